The molecule has 1 aromatic carbocycles. The Balaban J connectivity index is 2.74. The molecule has 1 heterocycles. The number of benzene rings is 1. The van der Waals surface area contributed by atoms with E-state index in [0.29, 0.717) is 35.9 Å². The van der Waals surface area contributed by atoms with E-state index in [1.807, 2.05) is 20.8 Å². The van der Waals surface area contributed by atoms with E-state index in [9.17, 15) is 4.79 Å². The quantitative estimate of drug-likeness (QED) is 0.828. The Labute approximate surface area is 123 Å². The van der Waals surface area contributed by atoms with Gasteiger partial charge in [0, 0.05) is 30.7 Å². The Hall–Kier alpha value is -2.01. The molecule has 0 atom stereocenters. The van der Waals surface area contributed by atoms with Crippen LogP contribution >= 0.6 is 0 Å². The van der Waals surface area contributed by atoms with Gasteiger partial charge in [0.05, 0.1) is 18.6 Å². The molecule has 21 heavy (non-hydrogen) atoms. The summed E-state index contributed by atoms with van der Waals surface area (Å²) in [7, 11) is 0. The van der Waals surface area contributed by atoms with Crippen molar-refractivity contribution in [1.82, 2.24) is 0 Å². The Bertz CT molecular complexity index is 687. The minimum absolute atomic E-state index is 0.0991. The molecule has 0 aliphatic rings. The third-order valence-electron chi connectivity index (χ3n) is 3.29. The number of ether oxygens (including phenoxy) is 2. The van der Waals surface area contributed by atoms with E-state index in [4.69, 9.17) is 19.0 Å². The minimum Gasteiger partial charge on any atom is -0.494 e. The average Bonchev–Trinajstić information content (AvgIpc) is 2.43. The predicted molar refractivity (Wildman–Crippen MR) is 80.3 cm³/mol. The molecular formula is C16H20O5. The van der Waals surface area contributed by atoms with Gasteiger partial charge in [-0.1, -0.05) is 0 Å². The first kappa shape index (κ1) is 15.4. The van der Waals surface area contributed by atoms with Crippen LogP contribution < -0.4 is 15.1 Å². The number of hydrogen-bond donors (Lipinski definition) is 1. The molecule has 0 spiro atoms. The number of aliphatic hydroxyl groups excluding tert-OH is 1. The van der Waals surface area contributed by atoms with Crippen LogP contribution in [0.3, 0.4) is 0 Å². The molecule has 0 saturated heterocycles. The first-order valence-electron chi connectivity index (χ1n) is 7.09. The lowest BCUT2D eigenvalue weighted by Gasteiger charge is -2.13. The minimum atomic E-state index is -0.426. The lowest BCUT2D eigenvalue weighted by atomic mass is 10.0. The van der Waals surface area contributed by atoms with Crippen molar-refractivity contribution in [2.45, 2.75) is 27.2 Å². The number of hydrogen-bond acceptors (Lipinski definition) is 5. The van der Waals surface area contributed by atoms with Crippen LogP contribution in [0.4, 0.5) is 0 Å². The van der Waals surface area contributed by atoms with Gasteiger partial charge in [0.2, 0.25) is 0 Å². The molecule has 0 amide bonds. The lowest BCUT2D eigenvalue weighted by molar-refractivity contribution is 0.297. The molecule has 114 valence electrons. The Kier molecular flexibility index (Phi) is 4.85. The van der Waals surface area contributed by atoms with Gasteiger partial charge in [-0.2, -0.15) is 0 Å². The predicted octanol–water partition coefficient (Wildman–Crippen LogP) is 2.43. The average molecular weight is 292 g/mol. The maximum atomic E-state index is 12.0. The highest BCUT2D eigenvalue weighted by atomic mass is 16.5. The van der Waals surface area contributed by atoms with Crippen molar-refractivity contribution in [1.29, 1.82) is 0 Å². The molecule has 0 saturated carbocycles. The van der Waals surface area contributed by atoms with Crippen molar-refractivity contribution < 1.29 is 19.0 Å². The van der Waals surface area contributed by atoms with Crippen molar-refractivity contribution >= 4 is 11.0 Å². The van der Waals surface area contributed by atoms with E-state index < -0.39 is 5.63 Å². The Morgan fingerprint density at radius 3 is 2.52 bits per heavy atom. The van der Waals surface area contributed by atoms with Gasteiger partial charge in [-0.05, 0) is 26.3 Å². The number of fused-ring (bicyclic) bond motifs is 1. The fourth-order valence-corrected chi connectivity index (χ4v) is 2.40. The van der Waals surface area contributed by atoms with E-state index in [0.717, 1.165) is 10.9 Å². The largest absolute Gasteiger partial charge is 0.494 e. The molecule has 0 aliphatic heterocycles. The van der Waals surface area contributed by atoms with Crippen LogP contribution in [-0.4, -0.2) is 24.9 Å². The van der Waals surface area contributed by atoms with Crippen molar-refractivity contribution in [3.05, 3.63) is 33.7 Å². The summed E-state index contributed by atoms with van der Waals surface area (Å²) in [5, 5.41) is 9.85. The van der Waals surface area contributed by atoms with Gasteiger partial charge < -0.3 is 19.0 Å². The summed E-state index contributed by atoms with van der Waals surface area (Å²) in [6, 6.07) is 3.49. The Morgan fingerprint density at radius 2 is 1.90 bits per heavy atom. The summed E-state index contributed by atoms with van der Waals surface area (Å²) in [6.07, 6.45) is 0.267. The maximum Gasteiger partial charge on any atom is 0.339 e. The summed E-state index contributed by atoms with van der Waals surface area (Å²) in [6.45, 7) is 6.53. The summed E-state index contributed by atoms with van der Waals surface area (Å²) >= 11 is 0. The van der Waals surface area contributed by atoms with Crippen molar-refractivity contribution in [3.63, 3.8) is 0 Å². The van der Waals surface area contributed by atoms with Gasteiger partial charge in [0.25, 0.3) is 0 Å². The molecule has 2 rings (SSSR count). The second kappa shape index (κ2) is 6.63. The van der Waals surface area contributed by atoms with E-state index in [-0.39, 0.29) is 13.0 Å². The molecule has 2 aromatic rings. The first-order chi connectivity index (χ1) is 10.1. The van der Waals surface area contributed by atoms with E-state index in [2.05, 4.69) is 0 Å². The Morgan fingerprint density at radius 1 is 1.19 bits per heavy atom. The molecule has 0 fully saturated rings. The van der Waals surface area contributed by atoms with Gasteiger partial charge in [0.15, 0.2) is 0 Å². The fourth-order valence-electron chi connectivity index (χ4n) is 2.40. The van der Waals surface area contributed by atoms with Crippen molar-refractivity contribution in [2.24, 2.45) is 0 Å². The van der Waals surface area contributed by atoms with Gasteiger partial charge in [-0.25, -0.2) is 4.79 Å². The van der Waals surface area contributed by atoms with Gasteiger partial charge in [-0.15, -0.1) is 0 Å². The maximum absolute atomic E-state index is 12.0. The summed E-state index contributed by atoms with van der Waals surface area (Å²) in [5.41, 5.74) is 1.27. The monoisotopic (exact) mass is 292 g/mol. The number of rotatable bonds is 6. The second-order valence-corrected chi connectivity index (χ2v) is 4.63. The van der Waals surface area contributed by atoms with Crippen LogP contribution in [0.5, 0.6) is 11.5 Å². The molecule has 0 radical (unpaired) electrons. The third-order valence-corrected chi connectivity index (χ3v) is 3.29. The van der Waals surface area contributed by atoms with Crippen molar-refractivity contribution in [3.8, 4) is 11.5 Å². The molecule has 0 bridgehead atoms. The van der Waals surface area contributed by atoms with E-state index in [1.165, 1.54) is 0 Å². The fraction of sp³-hybridized carbons (Fsp3) is 0.438. The summed E-state index contributed by atoms with van der Waals surface area (Å²) in [4.78, 5) is 12.0. The SMILES string of the molecule is CCOc1cc(OCC)c2c(C)c(CCO)c(=O)oc2c1. The van der Waals surface area contributed by atoms with Gasteiger partial charge in [-0.3, -0.25) is 0 Å². The normalized spacial score (nSPS) is 10.9. The molecule has 5 nitrogen and oxygen atoms in total. The van der Waals surface area contributed by atoms with Crippen LogP contribution in [0.2, 0.25) is 0 Å². The lowest BCUT2D eigenvalue weighted by Crippen LogP contribution is -2.12. The zero-order chi connectivity index (χ0) is 15.4. The summed E-state index contributed by atoms with van der Waals surface area (Å²) in [5.74, 6) is 1.23. The van der Waals surface area contributed by atoms with Crippen molar-refractivity contribution in [2.75, 3.05) is 19.8 Å². The zero-order valence-electron chi connectivity index (χ0n) is 12.6. The summed E-state index contributed by atoms with van der Waals surface area (Å²) < 4.78 is 16.5. The highest BCUT2D eigenvalue weighted by Gasteiger charge is 2.16. The van der Waals surface area contributed by atoms with Gasteiger partial charge >= 0.3 is 5.63 Å². The molecule has 0 unspecified atom stereocenters. The molecule has 1 aromatic heterocycles. The molecular weight excluding hydrogens is 272 g/mol. The standard InChI is InChI=1S/C16H20O5/c1-4-19-11-8-13(20-5-2)15-10(3)12(6-7-17)16(18)21-14(15)9-11/h8-9,17H,4-7H2,1-3H3. The zero-order valence-corrected chi connectivity index (χ0v) is 12.6. The molecule has 0 aliphatic carbocycles. The smallest absolute Gasteiger partial charge is 0.339 e. The highest BCUT2D eigenvalue weighted by Crippen LogP contribution is 2.34. The van der Waals surface area contributed by atoms with E-state index >= 15 is 0 Å². The number of aliphatic hydroxyl groups is 1. The molecule has 5 heteroatoms. The first-order valence-corrected chi connectivity index (χ1v) is 7.09. The highest BCUT2D eigenvalue weighted by molar-refractivity contribution is 5.89. The molecule has 1 N–H and O–H groups in total. The van der Waals surface area contributed by atoms with Crippen LogP contribution in [0, 0.1) is 6.92 Å². The number of aryl methyl sites for hydroxylation is 1. The van der Waals surface area contributed by atoms with Crippen LogP contribution in [0.15, 0.2) is 21.3 Å². The van der Waals surface area contributed by atoms with Crippen LogP contribution in [-0.2, 0) is 6.42 Å². The van der Waals surface area contributed by atoms with Crippen LogP contribution in [0.1, 0.15) is 25.0 Å². The second-order valence-electron chi connectivity index (χ2n) is 4.63. The topological polar surface area (TPSA) is 68.9 Å². The van der Waals surface area contributed by atoms with Crippen LogP contribution in [0.25, 0.3) is 11.0 Å². The van der Waals surface area contributed by atoms with Gasteiger partial charge in [0.1, 0.15) is 17.1 Å². The third kappa shape index (κ3) is 3.03. The van der Waals surface area contributed by atoms with E-state index in [1.54, 1.807) is 12.1 Å².